The van der Waals surface area contributed by atoms with Crippen molar-refractivity contribution in [2.24, 2.45) is 0 Å². The molecule has 0 spiro atoms. The van der Waals surface area contributed by atoms with Crippen LogP contribution in [0.1, 0.15) is 52.4 Å². The van der Waals surface area contributed by atoms with Crippen LogP contribution in [-0.2, 0) is 9.59 Å². The first-order valence-electron chi connectivity index (χ1n) is 6.02. The van der Waals surface area contributed by atoms with E-state index in [1.165, 1.54) is 23.5 Å². The van der Waals surface area contributed by atoms with Crippen LogP contribution in [-0.4, -0.2) is 21.7 Å². The Morgan fingerprint density at radius 3 is 1.50 bits per heavy atom. The maximum Gasteiger partial charge on any atom is 0.189 e. The van der Waals surface area contributed by atoms with Gasteiger partial charge in [-0.25, -0.2) is 0 Å². The van der Waals surface area contributed by atoms with Crippen molar-refractivity contribution in [3.63, 3.8) is 0 Å². The van der Waals surface area contributed by atoms with Crippen molar-refractivity contribution in [2.75, 3.05) is 11.5 Å². The SMILES string of the molecule is CCCCSC(=O)CCC(=O)SCCCC. The highest BCUT2D eigenvalue weighted by molar-refractivity contribution is 8.14. The van der Waals surface area contributed by atoms with Crippen molar-refractivity contribution in [3.8, 4) is 0 Å². The Balaban J connectivity index is 3.40. The summed E-state index contributed by atoms with van der Waals surface area (Å²) in [7, 11) is 0. The molecule has 0 saturated heterocycles. The minimum atomic E-state index is 0.165. The molecule has 4 heteroatoms. The first kappa shape index (κ1) is 16.0. The molecule has 0 fully saturated rings. The lowest BCUT2D eigenvalue weighted by Crippen LogP contribution is -1.99. The molecule has 0 heterocycles. The zero-order valence-corrected chi connectivity index (χ0v) is 11.9. The van der Waals surface area contributed by atoms with Crippen LogP contribution in [0.4, 0.5) is 0 Å². The molecule has 2 nitrogen and oxygen atoms in total. The molecule has 0 radical (unpaired) electrons. The molecular weight excluding hydrogens is 240 g/mol. The second kappa shape index (κ2) is 11.5. The predicted molar refractivity (Wildman–Crippen MR) is 74.0 cm³/mol. The Hall–Kier alpha value is 0.0400. The molecule has 0 amide bonds. The molecule has 94 valence electrons. The van der Waals surface area contributed by atoms with Crippen molar-refractivity contribution in [3.05, 3.63) is 0 Å². The fourth-order valence-electron chi connectivity index (χ4n) is 1.01. The Kier molecular flexibility index (Phi) is 11.6. The van der Waals surface area contributed by atoms with Gasteiger partial charge in [-0.1, -0.05) is 50.2 Å². The molecule has 0 aliphatic carbocycles. The van der Waals surface area contributed by atoms with Crippen molar-refractivity contribution in [1.82, 2.24) is 0 Å². The summed E-state index contributed by atoms with van der Waals surface area (Å²) in [6.07, 6.45) is 5.21. The van der Waals surface area contributed by atoms with Gasteiger partial charge < -0.3 is 0 Å². The van der Waals surface area contributed by atoms with Gasteiger partial charge in [-0.3, -0.25) is 9.59 Å². The van der Waals surface area contributed by atoms with Crippen LogP contribution >= 0.6 is 23.5 Å². The molecule has 0 aromatic heterocycles. The van der Waals surface area contributed by atoms with Crippen molar-refractivity contribution >= 4 is 33.8 Å². The third-order valence-corrected chi connectivity index (χ3v) is 4.09. The van der Waals surface area contributed by atoms with E-state index in [0.717, 1.165) is 37.2 Å². The second-order valence-electron chi connectivity index (χ2n) is 3.65. The lowest BCUT2D eigenvalue weighted by molar-refractivity contribution is -0.115. The van der Waals surface area contributed by atoms with E-state index in [-0.39, 0.29) is 10.2 Å². The molecule has 0 aromatic carbocycles. The molecular formula is C12H22O2S2. The topological polar surface area (TPSA) is 34.1 Å². The highest BCUT2D eigenvalue weighted by atomic mass is 32.2. The summed E-state index contributed by atoms with van der Waals surface area (Å²) in [5.41, 5.74) is 0. The van der Waals surface area contributed by atoms with Gasteiger partial charge in [-0.05, 0) is 12.8 Å². The van der Waals surface area contributed by atoms with E-state index in [1.807, 2.05) is 0 Å². The van der Waals surface area contributed by atoms with Gasteiger partial charge in [-0.15, -0.1) is 0 Å². The molecule has 0 atom stereocenters. The molecule has 0 aliphatic rings. The Bertz CT molecular complexity index is 183. The number of hydrogen-bond donors (Lipinski definition) is 0. The van der Waals surface area contributed by atoms with Crippen molar-refractivity contribution < 1.29 is 9.59 Å². The van der Waals surface area contributed by atoms with Crippen molar-refractivity contribution in [2.45, 2.75) is 52.4 Å². The van der Waals surface area contributed by atoms with Gasteiger partial charge in [0.15, 0.2) is 10.2 Å². The Labute approximate surface area is 107 Å². The monoisotopic (exact) mass is 262 g/mol. The maximum atomic E-state index is 11.4. The summed E-state index contributed by atoms with van der Waals surface area (Å²) in [6.45, 7) is 4.22. The minimum absolute atomic E-state index is 0.165. The third-order valence-electron chi connectivity index (χ3n) is 2.06. The molecule has 0 rings (SSSR count). The number of carbonyl (C=O) groups excluding carboxylic acids is 2. The average molecular weight is 262 g/mol. The highest BCUT2D eigenvalue weighted by Crippen LogP contribution is 2.14. The molecule has 0 aromatic rings. The van der Waals surface area contributed by atoms with E-state index in [9.17, 15) is 9.59 Å². The van der Waals surface area contributed by atoms with Crippen LogP contribution in [0, 0.1) is 0 Å². The lowest BCUT2D eigenvalue weighted by atomic mass is 10.4. The van der Waals surface area contributed by atoms with E-state index in [0.29, 0.717) is 12.8 Å². The Morgan fingerprint density at radius 2 is 1.19 bits per heavy atom. The number of carbonyl (C=O) groups is 2. The van der Waals surface area contributed by atoms with Crippen molar-refractivity contribution in [1.29, 1.82) is 0 Å². The molecule has 0 bridgehead atoms. The molecule has 0 saturated carbocycles. The van der Waals surface area contributed by atoms with Gasteiger partial charge in [0.2, 0.25) is 0 Å². The zero-order chi connectivity index (χ0) is 12.2. The lowest BCUT2D eigenvalue weighted by Gasteiger charge is -2.00. The average Bonchev–Trinajstić information content (AvgIpc) is 2.27. The number of thioether (sulfide) groups is 2. The van der Waals surface area contributed by atoms with Crippen LogP contribution in [0.15, 0.2) is 0 Å². The van der Waals surface area contributed by atoms with E-state index in [1.54, 1.807) is 0 Å². The fraction of sp³-hybridized carbons (Fsp3) is 0.833. The molecule has 0 unspecified atom stereocenters. The molecule has 0 aliphatic heterocycles. The van der Waals surface area contributed by atoms with Crippen LogP contribution < -0.4 is 0 Å². The summed E-state index contributed by atoms with van der Waals surface area (Å²) in [4.78, 5) is 22.7. The molecule has 16 heavy (non-hydrogen) atoms. The smallest absolute Gasteiger partial charge is 0.189 e. The summed E-state index contributed by atoms with van der Waals surface area (Å²) >= 11 is 2.74. The first-order valence-corrected chi connectivity index (χ1v) is 7.99. The fourth-order valence-corrected chi connectivity index (χ4v) is 2.82. The number of rotatable bonds is 9. The van der Waals surface area contributed by atoms with Gasteiger partial charge in [0, 0.05) is 24.3 Å². The van der Waals surface area contributed by atoms with Crippen LogP contribution in [0.3, 0.4) is 0 Å². The number of unbranched alkanes of at least 4 members (excludes halogenated alkanes) is 2. The van der Waals surface area contributed by atoms with Gasteiger partial charge in [0.1, 0.15) is 0 Å². The van der Waals surface area contributed by atoms with E-state index >= 15 is 0 Å². The quantitative estimate of drug-likeness (QED) is 0.590. The molecule has 0 N–H and O–H groups in total. The van der Waals surface area contributed by atoms with E-state index in [4.69, 9.17) is 0 Å². The number of hydrogen-bond acceptors (Lipinski definition) is 4. The van der Waals surface area contributed by atoms with Gasteiger partial charge in [0.25, 0.3) is 0 Å². The second-order valence-corrected chi connectivity index (χ2v) is 5.95. The third kappa shape index (κ3) is 10.6. The minimum Gasteiger partial charge on any atom is -0.287 e. The highest BCUT2D eigenvalue weighted by Gasteiger charge is 2.07. The normalized spacial score (nSPS) is 10.4. The summed E-state index contributed by atoms with van der Waals surface area (Å²) in [5.74, 6) is 1.79. The predicted octanol–water partition coefficient (Wildman–Crippen LogP) is 3.89. The van der Waals surface area contributed by atoms with Gasteiger partial charge in [-0.2, -0.15) is 0 Å². The Morgan fingerprint density at radius 1 is 0.812 bits per heavy atom. The maximum absolute atomic E-state index is 11.4. The largest absolute Gasteiger partial charge is 0.287 e. The van der Waals surface area contributed by atoms with Gasteiger partial charge in [0.05, 0.1) is 0 Å². The van der Waals surface area contributed by atoms with Gasteiger partial charge >= 0.3 is 0 Å². The summed E-state index contributed by atoms with van der Waals surface area (Å²) in [6, 6.07) is 0. The summed E-state index contributed by atoms with van der Waals surface area (Å²) in [5, 5.41) is 0.329. The van der Waals surface area contributed by atoms with Crippen LogP contribution in [0.2, 0.25) is 0 Å². The first-order chi connectivity index (χ1) is 7.70. The van der Waals surface area contributed by atoms with E-state index < -0.39 is 0 Å². The standard InChI is InChI=1S/C12H22O2S2/c1-3-5-9-15-11(13)7-8-12(14)16-10-6-4-2/h3-10H2,1-2H3. The zero-order valence-electron chi connectivity index (χ0n) is 10.3. The van der Waals surface area contributed by atoms with Crippen LogP contribution in [0.5, 0.6) is 0 Å². The van der Waals surface area contributed by atoms with Crippen LogP contribution in [0.25, 0.3) is 0 Å². The van der Waals surface area contributed by atoms with E-state index in [2.05, 4.69) is 13.8 Å². The summed E-state index contributed by atoms with van der Waals surface area (Å²) < 4.78 is 0.